The number of carbonyl (C=O) groups is 1. The van der Waals surface area contributed by atoms with Crippen molar-refractivity contribution in [3.63, 3.8) is 0 Å². The van der Waals surface area contributed by atoms with E-state index in [0.717, 1.165) is 12.2 Å². The van der Waals surface area contributed by atoms with Crippen molar-refractivity contribution in [2.24, 2.45) is 0 Å². The lowest BCUT2D eigenvalue weighted by atomic mass is 10.2. The Balaban J connectivity index is 1.86. The largest absolute Gasteiger partial charge is 0.444 e. The third-order valence-corrected chi connectivity index (χ3v) is 2.73. The summed E-state index contributed by atoms with van der Waals surface area (Å²) in [6.45, 7) is 6.17. The number of nitrogens with one attached hydrogen (secondary N) is 2. The second-order valence-electron chi connectivity index (χ2n) is 5.90. The molecule has 5 nitrogen and oxygen atoms in total. The van der Waals surface area contributed by atoms with E-state index in [4.69, 9.17) is 4.74 Å². The maximum Gasteiger partial charge on any atom is 0.413 e. The van der Waals surface area contributed by atoms with Gasteiger partial charge < -0.3 is 10.1 Å². The molecule has 0 aliphatic rings. The summed E-state index contributed by atoms with van der Waals surface area (Å²) in [5, 5.41) is 5.87. The van der Waals surface area contributed by atoms with Crippen molar-refractivity contribution in [3.8, 4) is 0 Å². The summed E-state index contributed by atoms with van der Waals surface area (Å²) in [5.74, 6) is 0.458. The standard InChI is InChI=1S/C17H21N3O2/c1-17(2,3)22-16(21)20-15-10-9-14(12-19-15)18-11-13-7-5-4-6-8-13/h4-10,12,18H,11H2,1-3H3,(H,19,20,21). The molecule has 0 spiro atoms. The van der Waals surface area contributed by atoms with Crippen LogP contribution in [-0.2, 0) is 11.3 Å². The summed E-state index contributed by atoms with van der Waals surface area (Å²) in [4.78, 5) is 15.8. The van der Waals surface area contributed by atoms with Gasteiger partial charge in [0.2, 0.25) is 0 Å². The first-order valence-corrected chi connectivity index (χ1v) is 7.16. The fourth-order valence-electron chi connectivity index (χ4n) is 1.78. The van der Waals surface area contributed by atoms with Gasteiger partial charge in [0.05, 0.1) is 11.9 Å². The molecule has 0 aliphatic carbocycles. The highest BCUT2D eigenvalue weighted by atomic mass is 16.6. The number of anilines is 2. The number of carbonyl (C=O) groups excluding carboxylic acids is 1. The van der Waals surface area contributed by atoms with Gasteiger partial charge in [-0.2, -0.15) is 0 Å². The summed E-state index contributed by atoms with van der Waals surface area (Å²) in [6, 6.07) is 13.7. The Kier molecular flexibility index (Phi) is 4.99. The van der Waals surface area contributed by atoms with E-state index >= 15 is 0 Å². The minimum Gasteiger partial charge on any atom is -0.444 e. The lowest BCUT2D eigenvalue weighted by Crippen LogP contribution is -2.27. The van der Waals surface area contributed by atoms with Crippen LogP contribution in [0, 0.1) is 0 Å². The number of rotatable bonds is 4. The Morgan fingerprint density at radius 3 is 2.45 bits per heavy atom. The van der Waals surface area contributed by atoms with Crippen LogP contribution >= 0.6 is 0 Å². The number of hydrogen-bond acceptors (Lipinski definition) is 4. The van der Waals surface area contributed by atoms with Gasteiger partial charge in [0.25, 0.3) is 0 Å². The van der Waals surface area contributed by atoms with Crippen LogP contribution in [0.1, 0.15) is 26.3 Å². The summed E-state index contributed by atoms with van der Waals surface area (Å²) in [7, 11) is 0. The lowest BCUT2D eigenvalue weighted by molar-refractivity contribution is 0.0635. The maximum atomic E-state index is 11.6. The van der Waals surface area contributed by atoms with Gasteiger partial charge in [-0.3, -0.25) is 5.32 Å². The Bertz CT molecular complexity index is 604. The minimum atomic E-state index is -0.527. The molecule has 22 heavy (non-hydrogen) atoms. The normalized spacial score (nSPS) is 10.9. The lowest BCUT2D eigenvalue weighted by Gasteiger charge is -2.19. The van der Waals surface area contributed by atoms with Crippen LogP contribution in [0.4, 0.5) is 16.3 Å². The van der Waals surface area contributed by atoms with Gasteiger partial charge in [-0.15, -0.1) is 0 Å². The van der Waals surface area contributed by atoms with E-state index in [0.29, 0.717) is 5.82 Å². The SMILES string of the molecule is CC(C)(C)OC(=O)Nc1ccc(NCc2ccccc2)cn1. The molecule has 5 heteroatoms. The molecule has 0 radical (unpaired) electrons. The number of amides is 1. The predicted molar refractivity (Wildman–Crippen MR) is 87.9 cm³/mol. The van der Waals surface area contributed by atoms with Gasteiger partial charge >= 0.3 is 6.09 Å². The monoisotopic (exact) mass is 299 g/mol. The topological polar surface area (TPSA) is 63.2 Å². The van der Waals surface area contributed by atoms with Crippen LogP contribution in [0.5, 0.6) is 0 Å². The molecule has 1 heterocycles. The van der Waals surface area contributed by atoms with Crippen LogP contribution in [0.3, 0.4) is 0 Å². The number of aromatic nitrogens is 1. The third-order valence-electron chi connectivity index (χ3n) is 2.73. The van der Waals surface area contributed by atoms with Crippen molar-refractivity contribution in [2.45, 2.75) is 32.9 Å². The quantitative estimate of drug-likeness (QED) is 0.894. The smallest absolute Gasteiger partial charge is 0.413 e. The molecule has 0 saturated carbocycles. The molecule has 1 amide bonds. The predicted octanol–water partition coefficient (Wildman–Crippen LogP) is 4.04. The van der Waals surface area contributed by atoms with Crippen LogP contribution in [-0.4, -0.2) is 16.7 Å². The van der Waals surface area contributed by atoms with Gasteiger partial charge in [-0.25, -0.2) is 9.78 Å². The molecule has 2 rings (SSSR count). The van der Waals surface area contributed by atoms with Crippen molar-refractivity contribution < 1.29 is 9.53 Å². The van der Waals surface area contributed by atoms with Gasteiger partial charge in [-0.1, -0.05) is 30.3 Å². The zero-order valence-corrected chi connectivity index (χ0v) is 13.1. The number of benzene rings is 1. The van der Waals surface area contributed by atoms with Gasteiger partial charge in [-0.05, 0) is 38.5 Å². The number of hydrogen-bond donors (Lipinski definition) is 2. The van der Waals surface area contributed by atoms with Crippen molar-refractivity contribution in [3.05, 3.63) is 54.2 Å². The summed E-state index contributed by atoms with van der Waals surface area (Å²) in [6.07, 6.45) is 1.17. The summed E-state index contributed by atoms with van der Waals surface area (Å²) in [5.41, 5.74) is 1.55. The Hall–Kier alpha value is -2.56. The highest BCUT2D eigenvalue weighted by Gasteiger charge is 2.16. The van der Waals surface area contributed by atoms with E-state index in [1.807, 2.05) is 45.0 Å². The number of ether oxygens (including phenoxy) is 1. The van der Waals surface area contributed by atoms with Gasteiger partial charge in [0.15, 0.2) is 0 Å². The summed E-state index contributed by atoms with van der Waals surface area (Å²) >= 11 is 0. The molecule has 1 aromatic carbocycles. The minimum absolute atomic E-state index is 0.458. The molecule has 1 aromatic heterocycles. The second-order valence-corrected chi connectivity index (χ2v) is 5.90. The Morgan fingerprint density at radius 2 is 1.86 bits per heavy atom. The van der Waals surface area contributed by atoms with Crippen molar-refractivity contribution in [1.29, 1.82) is 0 Å². The first-order valence-electron chi connectivity index (χ1n) is 7.16. The molecule has 2 aromatic rings. The first-order chi connectivity index (χ1) is 10.4. The van der Waals surface area contributed by atoms with E-state index in [-0.39, 0.29) is 0 Å². The van der Waals surface area contributed by atoms with E-state index in [1.165, 1.54) is 5.56 Å². The Labute approximate surface area is 130 Å². The second kappa shape index (κ2) is 6.93. The average molecular weight is 299 g/mol. The van der Waals surface area contributed by atoms with Gasteiger partial charge in [0, 0.05) is 6.54 Å². The molecule has 116 valence electrons. The van der Waals surface area contributed by atoms with Crippen LogP contribution < -0.4 is 10.6 Å². The van der Waals surface area contributed by atoms with E-state index in [1.54, 1.807) is 12.3 Å². The van der Waals surface area contributed by atoms with E-state index in [9.17, 15) is 4.79 Å². The highest BCUT2D eigenvalue weighted by molar-refractivity contribution is 5.83. The molecule has 0 aliphatic heterocycles. The average Bonchev–Trinajstić information content (AvgIpc) is 2.45. The van der Waals surface area contributed by atoms with Gasteiger partial charge in [0.1, 0.15) is 11.4 Å². The first kappa shape index (κ1) is 15.8. The molecule has 0 atom stereocenters. The molecule has 2 N–H and O–H groups in total. The van der Waals surface area contributed by atoms with Crippen molar-refractivity contribution in [2.75, 3.05) is 10.6 Å². The van der Waals surface area contributed by atoms with E-state index in [2.05, 4.69) is 27.8 Å². The van der Waals surface area contributed by atoms with Crippen molar-refractivity contribution >= 4 is 17.6 Å². The molecule has 0 unspecified atom stereocenters. The molecule has 0 bridgehead atoms. The third kappa shape index (κ3) is 5.44. The van der Waals surface area contributed by atoms with E-state index < -0.39 is 11.7 Å². The molecule has 0 saturated heterocycles. The van der Waals surface area contributed by atoms with Crippen LogP contribution in [0.25, 0.3) is 0 Å². The Morgan fingerprint density at radius 1 is 1.14 bits per heavy atom. The zero-order chi connectivity index (χ0) is 16.0. The molecular weight excluding hydrogens is 278 g/mol. The molecular formula is C17H21N3O2. The maximum absolute atomic E-state index is 11.6. The number of nitrogens with zero attached hydrogens (tertiary/aromatic N) is 1. The summed E-state index contributed by atoms with van der Waals surface area (Å²) < 4.78 is 5.17. The van der Waals surface area contributed by atoms with Crippen LogP contribution in [0.15, 0.2) is 48.7 Å². The zero-order valence-electron chi connectivity index (χ0n) is 13.1. The molecule has 0 fully saturated rings. The fraction of sp³-hybridized carbons (Fsp3) is 0.294. The fourth-order valence-corrected chi connectivity index (χ4v) is 1.78. The highest BCUT2D eigenvalue weighted by Crippen LogP contribution is 2.13. The van der Waals surface area contributed by atoms with Crippen molar-refractivity contribution in [1.82, 2.24) is 4.98 Å². The number of pyridine rings is 1. The van der Waals surface area contributed by atoms with Crippen LogP contribution in [0.2, 0.25) is 0 Å².